The zero-order valence-corrected chi connectivity index (χ0v) is 12.1. The normalized spacial score (nSPS) is 26.0. The second-order valence-corrected chi connectivity index (χ2v) is 7.61. The highest BCUT2D eigenvalue weighted by Crippen LogP contribution is 2.35. The number of thiophene rings is 1. The average Bonchev–Trinajstić information content (AvgIpc) is 2.66. The highest BCUT2D eigenvalue weighted by Gasteiger charge is 2.39. The maximum atomic E-state index is 6.32. The highest BCUT2D eigenvalue weighted by molar-refractivity contribution is 9.11. The molecule has 1 fully saturated rings. The molecule has 0 radical (unpaired) electrons. The molecular weight excluding hydrogens is 294 g/mol. The topological polar surface area (TPSA) is 3.24 Å². The van der Waals surface area contributed by atoms with Crippen LogP contribution < -0.4 is 0 Å². The Morgan fingerprint density at radius 3 is 2.80 bits per heavy atom. The van der Waals surface area contributed by atoms with Crippen molar-refractivity contribution in [2.24, 2.45) is 0 Å². The Bertz CT molecular complexity index is 350. The van der Waals surface area contributed by atoms with Crippen molar-refractivity contribution >= 4 is 38.9 Å². The Morgan fingerprint density at radius 2 is 2.33 bits per heavy atom. The van der Waals surface area contributed by atoms with E-state index in [2.05, 4.69) is 46.8 Å². The lowest BCUT2D eigenvalue weighted by molar-refractivity contribution is 0.170. The molecule has 0 N–H and O–H groups in total. The third kappa shape index (κ3) is 2.41. The zero-order valence-electron chi connectivity index (χ0n) is 8.96. The molecule has 1 aromatic heterocycles. The third-order valence-electron chi connectivity index (χ3n) is 3.21. The van der Waals surface area contributed by atoms with Crippen molar-refractivity contribution in [3.05, 3.63) is 20.8 Å². The summed E-state index contributed by atoms with van der Waals surface area (Å²) in [5.41, 5.74) is 0.123. The van der Waals surface area contributed by atoms with Gasteiger partial charge in [-0.25, -0.2) is 0 Å². The summed E-state index contributed by atoms with van der Waals surface area (Å²) in [6.45, 7) is 6.60. The molecule has 0 bridgehead atoms. The molecule has 1 aromatic rings. The maximum absolute atomic E-state index is 6.32. The minimum Gasteiger partial charge on any atom is -0.292 e. The number of rotatable bonds is 2. The van der Waals surface area contributed by atoms with E-state index in [1.54, 1.807) is 0 Å². The quantitative estimate of drug-likeness (QED) is 0.743. The van der Waals surface area contributed by atoms with Crippen molar-refractivity contribution in [2.45, 2.75) is 37.7 Å². The average molecular weight is 309 g/mol. The molecule has 1 aliphatic heterocycles. The van der Waals surface area contributed by atoms with E-state index in [4.69, 9.17) is 11.6 Å². The van der Waals surface area contributed by atoms with Crippen LogP contribution in [0.1, 0.15) is 25.1 Å². The third-order valence-corrected chi connectivity index (χ3v) is 5.57. The molecule has 0 spiro atoms. The molecule has 0 aliphatic carbocycles. The molecule has 1 nitrogen and oxygen atoms in total. The number of alkyl halides is 1. The van der Waals surface area contributed by atoms with Crippen molar-refractivity contribution in [1.82, 2.24) is 4.90 Å². The summed E-state index contributed by atoms with van der Waals surface area (Å²) in [6.07, 6.45) is 1.10. The first-order chi connectivity index (χ1) is 7.00. The van der Waals surface area contributed by atoms with Crippen LogP contribution in [-0.2, 0) is 6.54 Å². The number of halogens is 2. The molecule has 15 heavy (non-hydrogen) atoms. The van der Waals surface area contributed by atoms with Gasteiger partial charge in [0.2, 0.25) is 0 Å². The van der Waals surface area contributed by atoms with Crippen LogP contribution in [0.3, 0.4) is 0 Å². The fourth-order valence-electron chi connectivity index (χ4n) is 2.02. The Hall–Kier alpha value is 0.430. The molecule has 84 valence electrons. The number of likely N-dealkylation sites (tertiary alicyclic amines) is 1. The first-order valence-corrected chi connectivity index (χ1v) is 7.18. The van der Waals surface area contributed by atoms with Gasteiger partial charge in [0, 0.05) is 23.5 Å². The summed E-state index contributed by atoms with van der Waals surface area (Å²) >= 11 is 11.6. The predicted molar refractivity (Wildman–Crippen MR) is 70.8 cm³/mol. The minimum atomic E-state index is 0.123. The van der Waals surface area contributed by atoms with E-state index in [1.807, 2.05) is 11.3 Å². The molecule has 0 amide bonds. The lowest BCUT2D eigenvalue weighted by atomic mass is 10.0. The van der Waals surface area contributed by atoms with Gasteiger partial charge in [-0.1, -0.05) is 0 Å². The second-order valence-electron chi connectivity index (χ2n) is 4.54. The highest BCUT2D eigenvalue weighted by atomic mass is 79.9. The van der Waals surface area contributed by atoms with E-state index in [0.29, 0.717) is 0 Å². The molecule has 2 rings (SSSR count). The van der Waals surface area contributed by atoms with Crippen LogP contribution >= 0.6 is 38.9 Å². The first kappa shape index (κ1) is 11.9. The van der Waals surface area contributed by atoms with E-state index in [9.17, 15) is 0 Å². The van der Waals surface area contributed by atoms with Gasteiger partial charge in [0.25, 0.3) is 0 Å². The van der Waals surface area contributed by atoms with Crippen LogP contribution in [0.15, 0.2) is 15.9 Å². The molecule has 0 aromatic carbocycles. The molecule has 0 saturated carbocycles. The van der Waals surface area contributed by atoms with Gasteiger partial charge in [0.15, 0.2) is 0 Å². The van der Waals surface area contributed by atoms with Crippen LogP contribution in [0, 0.1) is 0 Å². The Balaban J connectivity index is 2.07. The van der Waals surface area contributed by atoms with Crippen molar-refractivity contribution < 1.29 is 0 Å². The molecule has 1 atom stereocenters. The van der Waals surface area contributed by atoms with Gasteiger partial charge in [-0.15, -0.1) is 22.9 Å². The van der Waals surface area contributed by atoms with Crippen molar-refractivity contribution in [2.75, 3.05) is 6.54 Å². The monoisotopic (exact) mass is 307 g/mol. The van der Waals surface area contributed by atoms with E-state index in [1.165, 1.54) is 8.66 Å². The first-order valence-electron chi connectivity index (χ1n) is 5.13. The molecule has 1 saturated heterocycles. The van der Waals surface area contributed by atoms with Crippen LogP contribution in [0.5, 0.6) is 0 Å². The molecule has 1 aliphatic rings. The van der Waals surface area contributed by atoms with Gasteiger partial charge in [-0.2, -0.15) is 0 Å². The van der Waals surface area contributed by atoms with Crippen molar-refractivity contribution in [3.63, 3.8) is 0 Å². The number of hydrogen-bond donors (Lipinski definition) is 0. The predicted octanol–water partition coefficient (Wildman–Crippen LogP) is 4.10. The van der Waals surface area contributed by atoms with E-state index in [0.717, 1.165) is 19.5 Å². The molecule has 2 heterocycles. The van der Waals surface area contributed by atoms with Gasteiger partial charge in [0.1, 0.15) is 0 Å². The molecule has 4 heteroatoms. The van der Waals surface area contributed by atoms with E-state index in [-0.39, 0.29) is 10.9 Å². The minimum absolute atomic E-state index is 0.123. The summed E-state index contributed by atoms with van der Waals surface area (Å²) in [6, 6.07) is 4.30. The van der Waals surface area contributed by atoms with E-state index >= 15 is 0 Å². The molecular formula is C11H15BrClNS. The van der Waals surface area contributed by atoms with Gasteiger partial charge in [-0.05, 0) is 48.3 Å². The summed E-state index contributed by atoms with van der Waals surface area (Å²) in [7, 11) is 0. The summed E-state index contributed by atoms with van der Waals surface area (Å²) in [4.78, 5) is 3.88. The molecule has 1 unspecified atom stereocenters. The summed E-state index contributed by atoms with van der Waals surface area (Å²) in [5, 5.41) is 0.279. The SMILES string of the molecule is CC1(C)C(Cl)CCN1Cc1ccc(Br)s1. The van der Waals surface area contributed by atoms with Gasteiger partial charge >= 0.3 is 0 Å². The maximum Gasteiger partial charge on any atom is 0.0701 e. The standard InChI is InChI=1S/C11H15BrClNS/c1-11(2)9(13)5-6-14(11)7-8-3-4-10(12)15-8/h3-4,9H,5-7H2,1-2H3. The Kier molecular flexibility index (Phi) is 3.46. The summed E-state index contributed by atoms with van der Waals surface area (Å²) in [5.74, 6) is 0. The lowest BCUT2D eigenvalue weighted by Crippen LogP contribution is -2.42. The van der Waals surface area contributed by atoms with Crippen LogP contribution in [0.4, 0.5) is 0 Å². The fourth-order valence-corrected chi connectivity index (χ4v) is 3.75. The van der Waals surface area contributed by atoms with Gasteiger partial charge < -0.3 is 0 Å². The zero-order chi connectivity index (χ0) is 11.1. The van der Waals surface area contributed by atoms with Crippen molar-refractivity contribution in [1.29, 1.82) is 0 Å². The van der Waals surface area contributed by atoms with Gasteiger partial charge in [-0.3, -0.25) is 4.90 Å². The largest absolute Gasteiger partial charge is 0.292 e. The lowest BCUT2D eigenvalue weighted by Gasteiger charge is -2.33. The van der Waals surface area contributed by atoms with Crippen LogP contribution in [0.2, 0.25) is 0 Å². The smallest absolute Gasteiger partial charge is 0.0701 e. The number of hydrogen-bond acceptors (Lipinski definition) is 2. The Labute approximate surface area is 109 Å². The van der Waals surface area contributed by atoms with Crippen LogP contribution in [0.25, 0.3) is 0 Å². The number of nitrogens with zero attached hydrogens (tertiary/aromatic N) is 1. The summed E-state index contributed by atoms with van der Waals surface area (Å²) < 4.78 is 1.21. The van der Waals surface area contributed by atoms with Crippen molar-refractivity contribution in [3.8, 4) is 0 Å². The van der Waals surface area contributed by atoms with Crippen LogP contribution in [-0.4, -0.2) is 22.4 Å². The Morgan fingerprint density at radius 1 is 1.60 bits per heavy atom. The fraction of sp³-hybridized carbons (Fsp3) is 0.636. The second kappa shape index (κ2) is 4.36. The van der Waals surface area contributed by atoms with E-state index < -0.39 is 0 Å². The van der Waals surface area contributed by atoms with Gasteiger partial charge in [0.05, 0.1) is 9.16 Å².